The molecule has 0 amide bonds. The van der Waals surface area contributed by atoms with Crippen LogP contribution in [0.5, 0.6) is 0 Å². The van der Waals surface area contributed by atoms with Gasteiger partial charge >= 0.3 is 0 Å². The number of hydrogen-bond acceptors (Lipinski definition) is 1. The molecule has 0 aliphatic heterocycles. The second-order valence-electron chi connectivity index (χ2n) is 1.23. The van der Waals surface area contributed by atoms with Gasteiger partial charge in [0.05, 0.1) is 6.10 Å². The third-order valence-electron chi connectivity index (χ3n) is 0.500. The molecule has 0 spiro atoms. The highest BCUT2D eigenvalue weighted by Gasteiger charge is 1.87. The molecule has 1 nitrogen and oxygen atoms in total. The van der Waals surface area contributed by atoms with Gasteiger partial charge in [-0.05, 0) is 13.3 Å². The van der Waals surface area contributed by atoms with Crippen LogP contribution >= 0.6 is 0 Å². The summed E-state index contributed by atoms with van der Waals surface area (Å²) in [4.78, 5) is 0. The van der Waals surface area contributed by atoms with Crippen molar-refractivity contribution in [1.29, 1.82) is 0 Å². The Balaban J connectivity index is 3.71. The summed E-state index contributed by atoms with van der Waals surface area (Å²) in [7, 11) is 0. The van der Waals surface area contributed by atoms with Crippen LogP contribution in [0.1, 0.15) is 29.4 Å². The lowest BCUT2D eigenvalue weighted by molar-refractivity contribution is 0.183. The Morgan fingerprint density at radius 1 is 2.00 bits per heavy atom. The van der Waals surface area contributed by atoms with E-state index in [9.17, 15) is 0 Å². The number of hydrogen-bond donors (Lipinski definition) is 1. The van der Waals surface area contributed by atoms with E-state index in [1.54, 1.807) is 6.92 Å². The van der Waals surface area contributed by atoms with E-state index in [1.165, 1.54) is 6.92 Å². The highest BCUT2D eigenvalue weighted by molar-refractivity contribution is 4.40. The Morgan fingerprint density at radius 2 is 2.50 bits per heavy atom. The first kappa shape index (κ1) is 3.03. The van der Waals surface area contributed by atoms with E-state index in [4.69, 9.17) is 7.85 Å². The predicted molar refractivity (Wildman–Crippen MR) is 26.6 cm³/mol. The molecule has 0 heterocycles. The van der Waals surface area contributed by atoms with E-state index in [0.29, 0.717) is 6.42 Å². The van der Waals surface area contributed by atoms with Crippen molar-refractivity contribution < 1.29 is 7.85 Å². The van der Waals surface area contributed by atoms with E-state index in [2.05, 4.69) is 0 Å². The van der Waals surface area contributed by atoms with Gasteiger partial charge in [0.15, 0.2) is 0 Å². The Kier molecular flexibility index (Phi) is 1.59. The summed E-state index contributed by atoms with van der Waals surface area (Å²) in [5, 5.41) is 8.71. The smallest absolute Gasteiger partial charge is 0.0512 e. The zero-order chi connectivity index (χ0) is 6.78. The molecule has 0 bridgehead atoms. The second kappa shape index (κ2) is 3.16. The van der Waals surface area contributed by atoms with Crippen molar-refractivity contribution in [3.05, 3.63) is 0 Å². The fourth-order valence-electron chi connectivity index (χ4n) is 0.295. The average molecular weight is 90.2 g/mol. The maximum Gasteiger partial charge on any atom is 0.0512 e. The average Bonchev–Trinajstić information content (AvgIpc) is 1.67. The van der Waals surface area contributed by atoms with Crippen molar-refractivity contribution in [2.45, 2.75) is 32.7 Å². The molecule has 0 aromatic carbocycles. The molecular formula is C5H12O. The first-order valence-corrected chi connectivity index (χ1v) is 2.18. The van der Waals surface area contributed by atoms with Gasteiger partial charge in [0.2, 0.25) is 0 Å². The molecule has 1 N–H and O–H groups in total. The molecule has 0 saturated heterocycles. The van der Waals surface area contributed by atoms with Crippen molar-refractivity contribution in [1.82, 2.24) is 0 Å². The second-order valence-corrected chi connectivity index (χ2v) is 1.23. The van der Waals surface area contributed by atoms with Crippen LogP contribution in [0.2, 0.25) is 0 Å². The van der Waals surface area contributed by atoms with Crippen LogP contribution in [0, 0.1) is 0 Å². The van der Waals surface area contributed by atoms with E-state index in [0.717, 1.165) is 0 Å². The summed E-state index contributed by atoms with van der Waals surface area (Å²) < 4.78 is 14.1. The normalized spacial score (nSPS) is 21.8. The summed E-state index contributed by atoms with van der Waals surface area (Å²) >= 11 is 0. The first-order valence-electron chi connectivity index (χ1n) is 3.18. The van der Waals surface area contributed by atoms with Gasteiger partial charge in [0.25, 0.3) is 0 Å². The zero-order valence-electron chi connectivity index (χ0n) is 6.23. The van der Waals surface area contributed by atoms with Gasteiger partial charge in [-0.2, -0.15) is 0 Å². The van der Waals surface area contributed by atoms with Gasteiger partial charge in [-0.1, -0.05) is 13.3 Å². The van der Waals surface area contributed by atoms with Crippen LogP contribution in [0.3, 0.4) is 0 Å². The van der Waals surface area contributed by atoms with Crippen LogP contribution in [0.25, 0.3) is 0 Å². The van der Waals surface area contributed by atoms with Gasteiger partial charge in [-0.15, -0.1) is 0 Å². The highest BCUT2D eigenvalue weighted by Crippen LogP contribution is 1.91. The zero-order valence-corrected chi connectivity index (χ0v) is 4.23. The monoisotopic (exact) mass is 90.1 g/mol. The Bertz CT molecular complexity index is 70.8. The van der Waals surface area contributed by atoms with Gasteiger partial charge in [-0.3, -0.25) is 0 Å². The third kappa shape index (κ3) is 3.96. The quantitative estimate of drug-likeness (QED) is 0.539. The molecule has 0 aromatic rings. The Labute approximate surface area is 41.8 Å². The minimum absolute atomic E-state index is 0.366. The minimum Gasteiger partial charge on any atom is -0.393 e. The lowest BCUT2D eigenvalue weighted by Crippen LogP contribution is -1.95. The first-order chi connectivity index (χ1) is 3.50. The van der Waals surface area contributed by atoms with Crippen LogP contribution in [0.15, 0.2) is 0 Å². The van der Waals surface area contributed by atoms with E-state index in [-0.39, 0.29) is 0 Å². The number of aliphatic hydroxyl groups excluding tert-OH is 1. The van der Waals surface area contributed by atoms with Crippen molar-refractivity contribution in [3.8, 4) is 0 Å². The van der Waals surface area contributed by atoms with E-state index < -0.39 is 12.5 Å². The molecule has 38 valence electrons. The van der Waals surface area contributed by atoms with Gasteiger partial charge in [-0.25, -0.2) is 0 Å². The van der Waals surface area contributed by atoms with E-state index >= 15 is 0 Å². The predicted octanol–water partition coefficient (Wildman–Crippen LogP) is 1.17. The molecule has 0 unspecified atom stereocenters. The molecule has 0 fully saturated rings. The van der Waals surface area contributed by atoms with Gasteiger partial charge in [0, 0.05) is 2.74 Å². The highest BCUT2D eigenvalue weighted by atomic mass is 16.3. The molecule has 0 aliphatic rings. The van der Waals surface area contributed by atoms with Crippen molar-refractivity contribution in [3.63, 3.8) is 0 Å². The van der Waals surface area contributed by atoms with Gasteiger partial charge < -0.3 is 5.11 Å². The van der Waals surface area contributed by atoms with Crippen LogP contribution in [-0.4, -0.2) is 11.2 Å². The Hall–Kier alpha value is -0.0400. The summed E-state index contributed by atoms with van der Waals surface area (Å²) in [5.74, 6) is 0. The molecular weight excluding hydrogens is 76.1 g/mol. The Morgan fingerprint density at radius 3 is 2.50 bits per heavy atom. The molecule has 0 aliphatic carbocycles. The molecule has 0 radical (unpaired) electrons. The molecule has 1 heteroatoms. The fourth-order valence-corrected chi connectivity index (χ4v) is 0.295. The lowest BCUT2D eigenvalue weighted by atomic mass is 10.2. The molecule has 1 atom stereocenters. The summed E-state index contributed by atoms with van der Waals surface area (Å²) in [6.45, 7) is 3.18. The van der Waals surface area contributed by atoms with Crippen molar-refractivity contribution >= 4 is 0 Å². The third-order valence-corrected chi connectivity index (χ3v) is 0.500. The van der Waals surface area contributed by atoms with Crippen molar-refractivity contribution in [2.75, 3.05) is 0 Å². The standard InChI is InChI=1S/C5H12O/c1-3-4-5(2)6/h5-6H,3-4H2,1-2H3/t5-/m1/s1/i4D2. The molecule has 0 aromatic heterocycles. The summed E-state index contributed by atoms with van der Waals surface area (Å²) in [6, 6.07) is 0. The fraction of sp³-hybridized carbons (Fsp3) is 1.00. The van der Waals surface area contributed by atoms with Crippen LogP contribution < -0.4 is 0 Å². The number of aliphatic hydroxyl groups is 1. The van der Waals surface area contributed by atoms with Gasteiger partial charge in [0.1, 0.15) is 0 Å². The number of rotatable bonds is 2. The topological polar surface area (TPSA) is 20.2 Å². The largest absolute Gasteiger partial charge is 0.393 e. The molecule has 0 saturated carbocycles. The lowest BCUT2D eigenvalue weighted by Gasteiger charge is -1.95. The maximum atomic E-state index is 8.71. The summed E-state index contributed by atoms with van der Waals surface area (Å²) in [5.41, 5.74) is 0. The molecule has 6 heavy (non-hydrogen) atoms. The van der Waals surface area contributed by atoms with Crippen molar-refractivity contribution in [2.24, 2.45) is 0 Å². The molecule has 0 rings (SSSR count). The summed E-state index contributed by atoms with van der Waals surface area (Å²) in [6.07, 6.45) is -1.89. The van der Waals surface area contributed by atoms with Crippen LogP contribution in [-0.2, 0) is 0 Å². The van der Waals surface area contributed by atoms with Crippen LogP contribution in [0.4, 0.5) is 0 Å². The van der Waals surface area contributed by atoms with E-state index in [1.807, 2.05) is 0 Å². The SMILES string of the molecule is [2H]C([2H])(CC)[C@@H](C)O. The minimum atomic E-state index is -1.40. The maximum absolute atomic E-state index is 8.71.